The first kappa shape index (κ1) is 14.5. The highest BCUT2D eigenvalue weighted by Gasteiger charge is 2.36. The normalized spacial score (nSPS) is 29.8. The average molecular weight is 257 g/mol. The van der Waals surface area contributed by atoms with Crippen LogP contribution in [0.15, 0.2) is 5.16 Å². The Morgan fingerprint density at radius 2 is 1.83 bits per heavy atom. The van der Waals surface area contributed by atoms with Crippen molar-refractivity contribution in [2.75, 3.05) is 7.11 Å². The lowest BCUT2D eigenvalue weighted by Gasteiger charge is -2.33. The van der Waals surface area contributed by atoms with Crippen LogP contribution in [0.1, 0.15) is 33.6 Å². The van der Waals surface area contributed by atoms with E-state index in [4.69, 9.17) is 14.3 Å². The molecule has 1 fully saturated rings. The molecule has 0 amide bonds. The van der Waals surface area contributed by atoms with E-state index in [0.717, 1.165) is 5.71 Å². The van der Waals surface area contributed by atoms with Crippen molar-refractivity contribution < 1.29 is 23.9 Å². The van der Waals surface area contributed by atoms with Gasteiger partial charge in [-0.05, 0) is 0 Å². The van der Waals surface area contributed by atoms with Gasteiger partial charge in [-0.15, -0.1) is 0 Å². The fraction of sp³-hybridized carbons (Fsp3) is 0.750. The molecule has 1 unspecified atom stereocenters. The quantitative estimate of drug-likeness (QED) is 0.562. The molecule has 0 heterocycles. The monoisotopic (exact) mass is 257 g/mol. The molecular weight excluding hydrogens is 238 g/mol. The van der Waals surface area contributed by atoms with E-state index < -0.39 is 0 Å². The van der Waals surface area contributed by atoms with Gasteiger partial charge in [-0.2, -0.15) is 0 Å². The minimum absolute atomic E-state index is 0.0411. The molecule has 0 saturated heterocycles. The number of hydrogen-bond acceptors (Lipinski definition) is 6. The molecular formula is C12H19NO5. The van der Waals surface area contributed by atoms with Crippen molar-refractivity contribution in [1.82, 2.24) is 0 Å². The van der Waals surface area contributed by atoms with E-state index >= 15 is 0 Å². The second-order valence-corrected chi connectivity index (χ2v) is 4.37. The molecule has 0 N–H and O–H groups in total. The van der Waals surface area contributed by atoms with Crippen LogP contribution in [0.2, 0.25) is 0 Å². The van der Waals surface area contributed by atoms with E-state index in [2.05, 4.69) is 5.16 Å². The molecule has 6 nitrogen and oxygen atoms in total. The summed E-state index contributed by atoms with van der Waals surface area (Å²) in [5.41, 5.74) is 0.737. The van der Waals surface area contributed by atoms with E-state index in [0.29, 0.717) is 12.8 Å². The predicted molar refractivity (Wildman–Crippen MR) is 64.0 cm³/mol. The van der Waals surface area contributed by atoms with Crippen LogP contribution in [0.5, 0.6) is 0 Å². The molecule has 3 atom stereocenters. The van der Waals surface area contributed by atoms with Gasteiger partial charge in [0.15, 0.2) is 0 Å². The third-order valence-corrected chi connectivity index (χ3v) is 2.87. The van der Waals surface area contributed by atoms with Gasteiger partial charge in [-0.1, -0.05) is 12.1 Å². The summed E-state index contributed by atoms with van der Waals surface area (Å²) in [7, 11) is 1.45. The number of carbonyl (C=O) groups is 2. The summed E-state index contributed by atoms with van der Waals surface area (Å²) in [6.07, 6.45) is 0.335. The lowest BCUT2D eigenvalue weighted by atomic mass is 9.84. The Balaban J connectivity index is 2.80. The summed E-state index contributed by atoms with van der Waals surface area (Å²) < 4.78 is 10.4. The SMILES string of the molecule is CO/N=C1\C[C@@H](OC(C)=O)C[C@H](OC(C)=O)C1C. The van der Waals surface area contributed by atoms with Crippen molar-refractivity contribution in [3.63, 3.8) is 0 Å². The Kier molecular flexibility index (Phi) is 5.12. The van der Waals surface area contributed by atoms with Gasteiger partial charge in [-0.25, -0.2) is 0 Å². The van der Waals surface area contributed by atoms with Gasteiger partial charge in [0.25, 0.3) is 0 Å². The zero-order valence-electron chi connectivity index (χ0n) is 11.1. The second-order valence-electron chi connectivity index (χ2n) is 4.37. The largest absolute Gasteiger partial charge is 0.462 e. The first-order valence-corrected chi connectivity index (χ1v) is 5.88. The van der Waals surface area contributed by atoms with Crippen LogP contribution in [-0.4, -0.2) is 37.0 Å². The Morgan fingerprint density at radius 1 is 1.22 bits per heavy atom. The average Bonchev–Trinajstić information content (AvgIpc) is 2.23. The number of nitrogens with zero attached hydrogens (tertiary/aromatic N) is 1. The van der Waals surface area contributed by atoms with Crippen LogP contribution in [0.25, 0.3) is 0 Å². The maximum absolute atomic E-state index is 11.0. The molecule has 0 radical (unpaired) electrons. The molecule has 1 aliphatic rings. The maximum atomic E-state index is 11.0. The molecule has 0 bridgehead atoms. The van der Waals surface area contributed by atoms with Gasteiger partial charge in [0.05, 0.1) is 5.71 Å². The summed E-state index contributed by atoms with van der Waals surface area (Å²) in [5, 5.41) is 3.91. The zero-order valence-corrected chi connectivity index (χ0v) is 11.1. The van der Waals surface area contributed by atoms with Crippen LogP contribution in [0, 0.1) is 5.92 Å². The fourth-order valence-electron chi connectivity index (χ4n) is 2.11. The second kappa shape index (κ2) is 6.37. The van der Waals surface area contributed by atoms with Crippen LogP contribution in [0.4, 0.5) is 0 Å². The molecule has 0 spiro atoms. The van der Waals surface area contributed by atoms with Crippen molar-refractivity contribution in [1.29, 1.82) is 0 Å². The molecule has 1 aliphatic carbocycles. The summed E-state index contributed by atoms with van der Waals surface area (Å²) in [6, 6.07) is 0. The van der Waals surface area contributed by atoms with Crippen molar-refractivity contribution in [2.45, 2.75) is 45.8 Å². The standard InChI is InChI=1S/C12H19NO5/c1-7-11(13-16-4)5-10(17-8(2)14)6-12(7)18-9(3)15/h7,10,12H,5-6H2,1-4H3/b13-11+/t7?,10-,12+/m1/s1. The summed E-state index contributed by atoms with van der Waals surface area (Å²) in [4.78, 5) is 26.8. The third-order valence-electron chi connectivity index (χ3n) is 2.87. The lowest BCUT2D eigenvalue weighted by molar-refractivity contribution is -0.155. The van der Waals surface area contributed by atoms with E-state index in [1.165, 1.54) is 21.0 Å². The minimum Gasteiger partial charge on any atom is -0.462 e. The van der Waals surface area contributed by atoms with Crippen LogP contribution in [-0.2, 0) is 23.9 Å². The third kappa shape index (κ3) is 4.01. The highest BCUT2D eigenvalue weighted by Crippen LogP contribution is 2.27. The Hall–Kier alpha value is -1.59. The van der Waals surface area contributed by atoms with Gasteiger partial charge >= 0.3 is 11.9 Å². The van der Waals surface area contributed by atoms with Crippen molar-refractivity contribution in [3.05, 3.63) is 0 Å². The summed E-state index contributed by atoms with van der Waals surface area (Å²) in [5.74, 6) is -0.749. The van der Waals surface area contributed by atoms with Gasteiger partial charge in [0, 0.05) is 32.6 Å². The molecule has 0 aromatic heterocycles. The van der Waals surface area contributed by atoms with E-state index in [-0.39, 0.29) is 30.1 Å². The van der Waals surface area contributed by atoms with Gasteiger partial charge in [0.1, 0.15) is 19.3 Å². The van der Waals surface area contributed by atoms with E-state index in [1.54, 1.807) is 0 Å². The molecule has 102 valence electrons. The van der Waals surface area contributed by atoms with Crippen molar-refractivity contribution in [3.8, 4) is 0 Å². The molecule has 1 rings (SSSR count). The topological polar surface area (TPSA) is 74.2 Å². The number of esters is 2. The number of rotatable bonds is 3. The van der Waals surface area contributed by atoms with E-state index in [9.17, 15) is 9.59 Å². The first-order chi connectivity index (χ1) is 8.43. The molecule has 0 aromatic rings. The highest BCUT2D eigenvalue weighted by atomic mass is 16.6. The number of oxime groups is 1. The maximum Gasteiger partial charge on any atom is 0.302 e. The van der Waals surface area contributed by atoms with Gasteiger partial charge < -0.3 is 14.3 Å². The van der Waals surface area contributed by atoms with Crippen molar-refractivity contribution in [2.24, 2.45) is 11.1 Å². The molecule has 0 aromatic carbocycles. The molecule has 1 saturated carbocycles. The summed E-state index contributed by atoms with van der Waals surface area (Å²) in [6.45, 7) is 4.62. The number of hydrogen-bond donors (Lipinski definition) is 0. The van der Waals surface area contributed by atoms with Crippen LogP contribution in [0.3, 0.4) is 0 Å². The van der Waals surface area contributed by atoms with Gasteiger partial charge in [-0.3, -0.25) is 9.59 Å². The number of carbonyl (C=O) groups excluding carboxylic acids is 2. The molecule has 0 aliphatic heterocycles. The fourth-order valence-corrected chi connectivity index (χ4v) is 2.11. The predicted octanol–water partition coefficient (Wildman–Crippen LogP) is 1.28. The van der Waals surface area contributed by atoms with Crippen LogP contribution >= 0.6 is 0 Å². The summed E-state index contributed by atoms with van der Waals surface area (Å²) >= 11 is 0. The Labute approximate surface area is 106 Å². The highest BCUT2D eigenvalue weighted by molar-refractivity contribution is 5.88. The van der Waals surface area contributed by atoms with E-state index in [1.807, 2.05) is 6.92 Å². The smallest absolute Gasteiger partial charge is 0.302 e. The molecule has 18 heavy (non-hydrogen) atoms. The first-order valence-electron chi connectivity index (χ1n) is 5.88. The lowest BCUT2D eigenvalue weighted by Crippen LogP contribution is -2.41. The minimum atomic E-state index is -0.355. The zero-order chi connectivity index (χ0) is 13.7. The van der Waals surface area contributed by atoms with Gasteiger partial charge in [0.2, 0.25) is 0 Å². The molecule has 6 heteroatoms. The number of ether oxygens (including phenoxy) is 2. The van der Waals surface area contributed by atoms with Crippen molar-refractivity contribution >= 4 is 17.7 Å². The Bertz CT molecular complexity index is 352. The van der Waals surface area contributed by atoms with Crippen LogP contribution < -0.4 is 0 Å². The Morgan fingerprint density at radius 3 is 2.33 bits per heavy atom.